The van der Waals surface area contributed by atoms with Crippen LogP contribution in [0.25, 0.3) is 11.1 Å². The van der Waals surface area contributed by atoms with Crippen molar-refractivity contribution in [3.05, 3.63) is 60.0 Å². The predicted molar refractivity (Wildman–Crippen MR) is 89.3 cm³/mol. The van der Waals surface area contributed by atoms with Crippen LogP contribution in [-0.2, 0) is 16.4 Å². The van der Waals surface area contributed by atoms with E-state index in [0.717, 1.165) is 11.1 Å². The van der Waals surface area contributed by atoms with Crippen LogP contribution in [0, 0.1) is 0 Å². The molecule has 1 aromatic heterocycles. The lowest BCUT2D eigenvalue weighted by Gasteiger charge is -2.08. The van der Waals surface area contributed by atoms with E-state index in [1.54, 1.807) is 12.1 Å². The number of hydrogen-bond acceptors (Lipinski definition) is 5. The number of rotatable bonds is 6. The molecule has 3 aromatic rings. The molecule has 2 aromatic carbocycles. The third kappa shape index (κ3) is 3.52. The number of sulfonamides is 1. The molecule has 0 atom stereocenters. The van der Waals surface area contributed by atoms with Gasteiger partial charge in [0.1, 0.15) is 5.52 Å². The van der Waals surface area contributed by atoms with Crippen LogP contribution in [0.5, 0.6) is 0 Å². The molecule has 7 heteroatoms. The molecule has 0 spiro atoms. The van der Waals surface area contributed by atoms with E-state index in [0.29, 0.717) is 17.6 Å². The van der Waals surface area contributed by atoms with Gasteiger partial charge in [0.25, 0.3) is 0 Å². The van der Waals surface area contributed by atoms with E-state index in [1.165, 1.54) is 25.5 Å². The van der Waals surface area contributed by atoms with Gasteiger partial charge in [-0.1, -0.05) is 18.2 Å². The minimum absolute atomic E-state index is 0.0853. The number of Topliss-reactive ketones (excluding diaryl/α,β-unsaturated/α-hetero) is 1. The lowest BCUT2D eigenvalue weighted by Crippen LogP contribution is -2.26. The van der Waals surface area contributed by atoms with Crippen molar-refractivity contribution in [2.24, 2.45) is 0 Å². The van der Waals surface area contributed by atoms with Crippen molar-refractivity contribution in [3.8, 4) is 0 Å². The molecule has 6 nitrogen and oxygen atoms in total. The third-order valence-electron chi connectivity index (χ3n) is 3.65. The molecule has 0 amide bonds. The first kappa shape index (κ1) is 16.4. The Hall–Kier alpha value is -2.51. The van der Waals surface area contributed by atoms with E-state index < -0.39 is 10.0 Å². The van der Waals surface area contributed by atoms with Crippen LogP contribution in [0.3, 0.4) is 0 Å². The Bertz CT molecular complexity index is 993. The fourth-order valence-electron chi connectivity index (χ4n) is 2.35. The molecule has 124 valence electrons. The molecular weight excluding hydrogens is 328 g/mol. The highest BCUT2D eigenvalue weighted by atomic mass is 32.2. The highest BCUT2D eigenvalue weighted by Gasteiger charge is 2.14. The molecule has 0 aliphatic heterocycles. The summed E-state index contributed by atoms with van der Waals surface area (Å²) in [7, 11) is -3.65. The summed E-state index contributed by atoms with van der Waals surface area (Å²) in [5.74, 6) is -0.173. The number of nitrogens with one attached hydrogen (secondary N) is 1. The standard InChI is InChI=1S/C17H16N2O4S/c1-12(20)14-3-2-4-15(10-14)24(21,22)19-8-7-13-5-6-17-16(9-13)18-11-23-17/h2-6,9-11,19H,7-8H2,1H3. The van der Waals surface area contributed by atoms with Gasteiger partial charge in [0, 0.05) is 12.1 Å². The highest BCUT2D eigenvalue weighted by molar-refractivity contribution is 7.89. The van der Waals surface area contributed by atoms with Gasteiger partial charge in [0.15, 0.2) is 17.8 Å². The number of benzene rings is 2. The number of oxazole rings is 1. The molecule has 0 saturated heterocycles. The average Bonchev–Trinajstić information content (AvgIpc) is 3.02. The molecule has 24 heavy (non-hydrogen) atoms. The first-order chi connectivity index (χ1) is 11.5. The zero-order valence-electron chi connectivity index (χ0n) is 13.0. The van der Waals surface area contributed by atoms with E-state index in [2.05, 4.69) is 9.71 Å². The predicted octanol–water partition coefficient (Wildman–Crippen LogP) is 2.55. The molecule has 0 radical (unpaired) electrons. The van der Waals surface area contributed by atoms with Crippen LogP contribution in [0.2, 0.25) is 0 Å². The van der Waals surface area contributed by atoms with Gasteiger partial charge in [-0.05, 0) is 43.2 Å². The van der Waals surface area contributed by atoms with Gasteiger partial charge in [-0.2, -0.15) is 0 Å². The van der Waals surface area contributed by atoms with E-state index in [1.807, 2.05) is 18.2 Å². The van der Waals surface area contributed by atoms with Crippen LogP contribution in [0.1, 0.15) is 22.8 Å². The second-order valence-corrected chi connectivity index (χ2v) is 7.15. The highest BCUT2D eigenvalue weighted by Crippen LogP contribution is 2.15. The molecule has 1 heterocycles. The summed E-state index contributed by atoms with van der Waals surface area (Å²) in [5, 5.41) is 0. The van der Waals surface area contributed by atoms with E-state index in [9.17, 15) is 13.2 Å². The maximum Gasteiger partial charge on any atom is 0.240 e. The van der Waals surface area contributed by atoms with Gasteiger partial charge in [-0.25, -0.2) is 18.1 Å². The second-order valence-electron chi connectivity index (χ2n) is 5.39. The number of fused-ring (bicyclic) bond motifs is 1. The molecule has 0 fully saturated rings. The van der Waals surface area contributed by atoms with Crippen LogP contribution in [0.4, 0.5) is 0 Å². The lowest BCUT2D eigenvalue weighted by atomic mass is 10.1. The largest absolute Gasteiger partial charge is 0.443 e. The fraction of sp³-hybridized carbons (Fsp3) is 0.176. The number of aromatic nitrogens is 1. The van der Waals surface area contributed by atoms with Crippen molar-refractivity contribution in [1.29, 1.82) is 0 Å². The smallest absolute Gasteiger partial charge is 0.240 e. The number of nitrogens with zero attached hydrogens (tertiary/aromatic N) is 1. The van der Waals surface area contributed by atoms with Crippen LogP contribution >= 0.6 is 0 Å². The first-order valence-electron chi connectivity index (χ1n) is 7.38. The summed E-state index contributed by atoms with van der Waals surface area (Å²) in [5.41, 5.74) is 2.76. The first-order valence-corrected chi connectivity index (χ1v) is 8.87. The molecule has 0 unspecified atom stereocenters. The number of ketones is 1. The Morgan fingerprint density at radius 1 is 1.21 bits per heavy atom. The Balaban J connectivity index is 1.68. The van der Waals surface area contributed by atoms with Crippen molar-refractivity contribution in [2.45, 2.75) is 18.2 Å². The quantitative estimate of drug-likeness (QED) is 0.694. The molecule has 3 rings (SSSR count). The molecule has 0 bridgehead atoms. The summed E-state index contributed by atoms with van der Waals surface area (Å²) in [4.78, 5) is 15.5. The summed E-state index contributed by atoms with van der Waals surface area (Å²) in [6.07, 6.45) is 1.90. The van der Waals surface area contributed by atoms with Gasteiger partial charge in [0.2, 0.25) is 10.0 Å². The maximum atomic E-state index is 12.3. The van der Waals surface area contributed by atoms with Gasteiger partial charge >= 0.3 is 0 Å². The van der Waals surface area contributed by atoms with Crippen LogP contribution in [0.15, 0.2) is 58.2 Å². The molecule has 0 aliphatic rings. The molecular formula is C17H16N2O4S. The van der Waals surface area contributed by atoms with Gasteiger partial charge < -0.3 is 4.42 Å². The van der Waals surface area contributed by atoms with Gasteiger partial charge in [-0.3, -0.25) is 4.79 Å². The minimum atomic E-state index is -3.65. The normalized spacial score (nSPS) is 11.7. The number of carbonyl (C=O) groups is 1. The summed E-state index contributed by atoms with van der Waals surface area (Å²) in [6, 6.07) is 11.5. The zero-order valence-corrected chi connectivity index (χ0v) is 13.8. The van der Waals surface area contributed by atoms with Crippen molar-refractivity contribution in [2.75, 3.05) is 6.54 Å². The maximum absolute atomic E-state index is 12.3. The molecule has 1 N–H and O–H groups in total. The van der Waals surface area contributed by atoms with E-state index in [4.69, 9.17) is 4.42 Å². The van der Waals surface area contributed by atoms with Crippen LogP contribution in [-0.4, -0.2) is 25.7 Å². The Labute approximate surface area is 139 Å². The summed E-state index contributed by atoms with van der Waals surface area (Å²) < 4.78 is 32.4. The number of carbonyl (C=O) groups excluding carboxylic acids is 1. The lowest BCUT2D eigenvalue weighted by molar-refractivity contribution is 0.101. The SMILES string of the molecule is CC(=O)c1cccc(S(=O)(=O)NCCc2ccc3ocnc3c2)c1. The fourth-order valence-corrected chi connectivity index (χ4v) is 3.43. The molecule has 0 saturated carbocycles. The monoisotopic (exact) mass is 344 g/mol. The average molecular weight is 344 g/mol. The van der Waals surface area contributed by atoms with Gasteiger partial charge in [-0.15, -0.1) is 0 Å². The van der Waals surface area contributed by atoms with Crippen LogP contribution < -0.4 is 4.72 Å². The Morgan fingerprint density at radius 3 is 2.83 bits per heavy atom. The summed E-state index contributed by atoms with van der Waals surface area (Å²) >= 11 is 0. The molecule has 0 aliphatic carbocycles. The van der Waals surface area contributed by atoms with Gasteiger partial charge in [0.05, 0.1) is 4.90 Å². The van der Waals surface area contributed by atoms with Crippen molar-refractivity contribution >= 4 is 26.9 Å². The Morgan fingerprint density at radius 2 is 2.04 bits per heavy atom. The Kier molecular flexibility index (Phi) is 4.46. The summed E-state index contributed by atoms with van der Waals surface area (Å²) in [6.45, 7) is 1.65. The third-order valence-corrected chi connectivity index (χ3v) is 5.11. The van der Waals surface area contributed by atoms with E-state index >= 15 is 0 Å². The minimum Gasteiger partial charge on any atom is -0.443 e. The van der Waals surface area contributed by atoms with Crippen molar-refractivity contribution < 1.29 is 17.6 Å². The van der Waals surface area contributed by atoms with E-state index in [-0.39, 0.29) is 17.2 Å². The zero-order chi connectivity index (χ0) is 17.2. The van der Waals surface area contributed by atoms with Crippen molar-refractivity contribution in [3.63, 3.8) is 0 Å². The number of hydrogen-bond donors (Lipinski definition) is 1. The topological polar surface area (TPSA) is 89.3 Å². The van der Waals surface area contributed by atoms with Crippen molar-refractivity contribution in [1.82, 2.24) is 9.71 Å². The second kappa shape index (κ2) is 6.54.